The molecule has 0 amide bonds. The van der Waals surface area contributed by atoms with Crippen molar-refractivity contribution < 1.29 is 4.74 Å². The molecule has 2 rings (SSSR count). The Labute approximate surface area is 115 Å². The van der Waals surface area contributed by atoms with E-state index in [1.165, 1.54) is 12.0 Å². The lowest BCUT2D eigenvalue weighted by molar-refractivity contribution is 0.222. The Bertz CT molecular complexity index is 512. The molecule has 19 heavy (non-hydrogen) atoms. The van der Waals surface area contributed by atoms with Crippen molar-refractivity contribution in [3.05, 3.63) is 23.3 Å². The van der Waals surface area contributed by atoms with Crippen molar-refractivity contribution in [2.24, 2.45) is 5.41 Å². The van der Waals surface area contributed by atoms with Crippen molar-refractivity contribution in [1.82, 2.24) is 0 Å². The molecule has 0 atom stereocenters. The topological polar surface area (TPSA) is 36.3 Å². The van der Waals surface area contributed by atoms with E-state index in [1.807, 2.05) is 7.05 Å². The molecule has 1 fully saturated rings. The van der Waals surface area contributed by atoms with Gasteiger partial charge in [0, 0.05) is 13.6 Å². The van der Waals surface area contributed by atoms with E-state index in [0.29, 0.717) is 0 Å². The minimum absolute atomic E-state index is 0.155. The largest absolute Gasteiger partial charge is 0.494 e. The van der Waals surface area contributed by atoms with Gasteiger partial charge in [0.1, 0.15) is 5.75 Å². The van der Waals surface area contributed by atoms with Crippen LogP contribution < -0.4 is 9.64 Å². The summed E-state index contributed by atoms with van der Waals surface area (Å²) in [5.74, 6) is 0.917. The van der Waals surface area contributed by atoms with E-state index in [9.17, 15) is 5.26 Å². The van der Waals surface area contributed by atoms with Crippen LogP contribution in [0.2, 0.25) is 0 Å². The van der Waals surface area contributed by atoms with Crippen LogP contribution in [0.1, 0.15) is 30.4 Å². The number of aryl methyl sites for hydroxylation is 2. The van der Waals surface area contributed by atoms with E-state index in [4.69, 9.17) is 4.74 Å². The summed E-state index contributed by atoms with van der Waals surface area (Å²) in [7, 11) is 3.76. The number of benzene rings is 1. The molecular weight excluding hydrogens is 236 g/mol. The Morgan fingerprint density at radius 2 is 2.05 bits per heavy atom. The summed E-state index contributed by atoms with van der Waals surface area (Å²) in [6.07, 6.45) is 3.20. The Balaban J connectivity index is 2.28. The molecule has 0 bridgehead atoms. The van der Waals surface area contributed by atoms with Gasteiger partial charge in [-0.3, -0.25) is 0 Å². The molecule has 102 valence electrons. The van der Waals surface area contributed by atoms with Gasteiger partial charge in [-0.05, 0) is 43.9 Å². The third-order valence-electron chi connectivity index (χ3n) is 4.10. The quantitative estimate of drug-likeness (QED) is 0.830. The molecule has 0 aromatic heterocycles. The van der Waals surface area contributed by atoms with Crippen molar-refractivity contribution in [3.8, 4) is 11.8 Å². The molecule has 0 heterocycles. The Morgan fingerprint density at radius 3 is 2.53 bits per heavy atom. The first-order valence-electron chi connectivity index (χ1n) is 6.79. The van der Waals surface area contributed by atoms with Gasteiger partial charge >= 0.3 is 0 Å². The number of anilines is 1. The normalized spacial score (nSPS) is 16.4. The zero-order valence-electron chi connectivity index (χ0n) is 12.3. The summed E-state index contributed by atoms with van der Waals surface area (Å²) in [6.45, 7) is 4.93. The average molecular weight is 258 g/mol. The minimum atomic E-state index is -0.155. The summed E-state index contributed by atoms with van der Waals surface area (Å²) >= 11 is 0. The molecule has 1 saturated carbocycles. The second-order valence-electron chi connectivity index (χ2n) is 5.74. The van der Waals surface area contributed by atoms with Crippen LogP contribution in [0.15, 0.2) is 12.1 Å². The smallest absolute Gasteiger partial charge is 0.145 e. The second kappa shape index (κ2) is 5.13. The van der Waals surface area contributed by atoms with Crippen molar-refractivity contribution in [3.63, 3.8) is 0 Å². The van der Waals surface area contributed by atoms with E-state index < -0.39 is 0 Å². The summed E-state index contributed by atoms with van der Waals surface area (Å²) in [5, 5.41) is 9.36. The van der Waals surface area contributed by atoms with Gasteiger partial charge in [-0.2, -0.15) is 5.26 Å². The zero-order valence-corrected chi connectivity index (χ0v) is 12.3. The Hall–Kier alpha value is -1.69. The van der Waals surface area contributed by atoms with Gasteiger partial charge in [-0.25, -0.2) is 0 Å². The maximum absolute atomic E-state index is 9.36. The number of methoxy groups -OCH3 is 1. The predicted molar refractivity (Wildman–Crippen MR) is 77.6 cm³/mol. The molecule has 0 aliphatic heterocycles. The lowest BCUT2D eigenvalue weighted by atomic mass is 9.69. The van der Waals surface area contributed by atoms with Crippen molar-refractivity contribution in [2.45, 2.75) is 33.1 Å². The van der Waals surface area contributed by atoms with Gasteiger partial charge in [0.2, 0.25) is 0 Å². The van der Waals surface area contributed by atoms with Crippen LogP contribution in [0.5, 0.6) is 5.75 Å². The number of hydrogen-bond acceptors (Lipinski definition) is 3. The van der Waals surface area contributed by atoms with Gasteiger partial charge in [-0.15, -0.1) is 0 Å². The SMILES string of the molecule is COc1c(C)cc(C)cc1N(C)CC1(C#N)CCC1. The number of ether oxygens (including phenoxy) is 1. The van der Waals surface area contributed by atoms with E-state index in [0.717, 1.165) is 36.4 Å². The highest BCUT2D eigenvalue weighted by Crippen LogP contribution is 2.42. The van der Waals surface area contributed by atoms with Crippen LogP contribution in [0.25, 0.3) is 0 Å². The van der Waals surface area contributed by atoms with Crippen LogP contribution in [-0.4, -0.2) is 20.7 Å². The Kier molecular flexibility index (Phi) is 3.71. The molecule has 1 aromatic carbocycles. The summed E-state index contributed by atoms with van der Waals surface area (Å²) in [6, 6.07) is 6.76. The van der Waals surface area contributed by atoms with Gasteiger partial charge in [0.25, 0.3) is 0 Å². The third kappa shape index (κ3) is 2.53. The first-order chi connectivity index (χ1) is 9.01. The molecule has 0 unspecified atom stereocenters. The van der Waals surface area contributed by atoms with Crippen LogP contribution in [0, 0.1) is 30.6 Å². The second-order valence-corrected chi connectivity index (χ2v) is 5.74. The standard InChI is InChI=1S/C16H22N2O/c1-12-8-13(2)15(19-4)14(9-12)18(3)11-16(10-17)6-5-7-16/h8-9H,5-7,11H2,1-4H3. The molecule has 0 N–H and O–H groups in total. The molecule has 3 nitrogen and oxygen atoms in total. The van der Waals surface area contributed by atoms with Crippen LogP contribution in [0.4, 0.5) is 5.69 Å². The van der Waals surface area contributed by atoms with Crippen molar-refractivity contribution in [2.75, 3.05) is 25.6 Å². The molecule has 0 radical (unpaired) electrons. The van der Waals surface area contributed by atoms with Crippen molar-refractivity contribution >= 4 is 5.69 Å². The first-order valence-corrected chi connectivity index (χ1v) is 6.79. The van der Waals surface area contributed by atoms with Crippen LogP contribution in [0.3, 0.4) is 0 Å². The number of nitrogens with zero attached hydrogens (tertiary/aromatic N) is 2. The third-order valence-corrected chi connectivity index (χ3v) is 4.10. The monoisotopic (exact) mass is 258 g/mol. The molecule has 1 aliphatic carbocycles. The highest BCUT2D eigenvalue weighted by Gasteiger charge is 2.38. The van der Waals surface area contributed by atoms with E-state index >= 15 is 0 Å². The predicted octanol–water partition coefficient (Wildman–Crippen LogP) is 3.44. The molecule has 0 spiro atoms. The fourth-order valence-corrected chi connectivity index (χ4v) is 2.93. The lowest BCUT2D eigenvalue weighted by Crippen LogP contribution is -2.40. The first kappa shape index (κ1) is 13.7. The summed E-state index contributed by atoms with van der Waals surface area (Å²) < 4.78 is 5.53. The highest BCUT2D eigenvalue weighted by molar-refractivity contribution is 5.63. The molecule has 0 saturated heterocycles. The molecule has 1 aliphatic rings. The molecular formula is C16H22N2O. The maximum atomic E-state index is 9.36. The number of nitriles is 1. The van der Waals surface area contributed by atoms with Gasteiger partial charge in [-0.1, -0.05) is 12.5 Å². The van der Waals surface area contributed by atoms with E-state index in [-0.39, 0.29) is 5.41 Å². The zero-order chi connectivity index (χ0) is 14.0. The van der Waals surface area contributed by atoms with Gasteiger partial charge in [0.15, 0.2) is 0 Å². The fraction of sp³-hybridized carbons (Fsp3) is 0.562. The van der Waals surface area contributed by atoms with Crippen LogP contribution >= 0.6 is 0 Å². The van der Waals surface area contributed by atoms with Gasteiger partial charge in [0.05, 0.1) is 24.3 Å². The van der Waals surface area contributed by atoms with Gasteiger partial charge < -0.3 is 9.64 Å². The fourth-order valence-electron chi connectivity index (χ4n) is 2.93. The molecule has 3 heteroatoms. The summed E-state index contributed by atoms with van der Waals surface area (Å²) in [4.78, 5) is 2.17. The highest BCUT2D eigenvalue weighted by atomic mass is 16.5. The van der Waals surface area contributed by atoms with Crippen LogP contribution in [-0.2, 0) is 0 Å². The minimum Gasteiger partial charge on any atom is -0.494 e. The number of rotatable bonds is 4. The van der Waals surface area contributed by atoms with E-state index in [1.54, 1.807) is 7.11 Å². The summed E-state index contributed by atoms with van der Waals surface area (Å²) in [5.41, 5.74) is 3.29. The maximum Gasteiger partial charge on any atom is 0.145 e. The molecule has 1 aromatic rings. The lowest BCUT2D eigenvalue weighted by Gasteiger charge is -2.39. The van der Waals surface area contributed by atoms with Crippen molar-refractivity contribution in [1.29, 1.82) is 5.26 Å². The average Bonchev–Trinajstić information content (AvgIpc) is 2.32. The van der Waals surface area contributed by atoms with E-state index in [2.05, 4.69) is 36.9 Å². The number of hydrogen-bond donors (Lipinski definition) is 0. The Morgan fingerprint density at radius 1 is 1.37 bits per heavy atom.